The van der Waals surface area contributed by atoms with Gasteiger partial charge in [0, 0.05) is 78.0 Å². The Morgan fingerprint density at radius 2 is 1.03 bits per heavy atom. The molecule has 0 fully saturated rings. The standard InChI is InChI=1S/C26H44N6O4/c1-3-15-29-23(33)9-11-25(35)31(17-13-27)19-21-5-7-22(8-6-21)20-32(18-14-28)26(36)12-10-24(34)30-16-4-2/h5-8H,3-4,9-20,27-28H2,1-2H3,(H,29,33)(H,30,34). The maximum atomic E-state index is 12.6. The highest BCUT2D eigenvalue weighted by atomic mass is 16.2. The molecule has 0 aliphatic rings. The maximum Gasteiger partial charge on any atom is 0.223 e. The number of rotatable bonds is 18. The summed E-state index contributed by atoms with van der Waals surface area (Å²) in [5, 5.41) is 5.56. The molecule has 1 aromatic rings. The van der Waals surface area contributed by atoms with Crippen molar-refractivity contribution in [2.45, 2.75) is 65.5 Å². The van der Waals surface area contributed by atoms with Crippen LogP contribution < -0.4 is 22.1 Å². The van der Waals surface area contributed by atoms with Crippen LogP contribution in [0.25, 0.3) is 0 Å². The van der Waals surface area contributed by atoms with Crippen LogP contribution in [0.5, 0.6) is 0 Å². The van der Waals surface area contributed by atoms with Crippen molar-refractivity contribution in [2.75, 3.05) is 39.3 Å². The monoisotopic (exact) mass is 504 g/mol. The summed E-state index contributed by atoms with van der Waals surface area (Å²) in [6.45, 7) is 7.42. The second kappa shape index (κ2) is 18.3. The molecule has 0 aromatic heterocycles. The summed E-state index contributed by atoms with van der Waals surface area (Å²) in [5.74, 6) is -0.474. The number of carbonyl (C=O) groups is 4. The summed E-state index contributed by atoms with van der Waals surface area (Å²) >= 11 is 0. The van der Waals surface area contributed by atoms with Gasteiger partial charge < -0.3 is 31.9 Å². The molecule has 10 heteroatoms. The van der Waals surface area contributed by atoms with Gasteiger partial charge in [0.25, 0.3) is 0 Å². The van der Waals surface area contributed by atoms with E-state index in [1.165, 1.54) is 0 Å². The molecule has 0 heterocycles. The average molecular weight is 505 g/mol. The second-order valence-corrected chi connectivity index (χ2v) is 8.72. The zero-order valence-electron chi connectivity index (χ0n) is 21.9. The van der Waals surface area contributed by atoms with Gasteiger partial charge in [-0.2, -0.15) is 0 Å². The number of nitrogens with one attached hydrogen (secondary N) is 2. The summed E-state index contributed by atoms with van der Waals surface area (Å²) in [7, 11) is 0. The lowest BCUT2D eigenvalue weighted by Gasteiger charge is -2.24. The van der Waals surface area contributed by atoms with Crippen LogP contribution in [0.3, 0.4) is 0 Å². The van der Waals surface area contributed by atoms with Crippen LogP contribution >= 0.6 is 0 Å². The normalized spacial score (nSPS) is 10.6. The highest BCUT2D eigenvalue weighted by Gasteiger charge is 2.17. The first kappa shape index (κ1) is 31.1. The lowest BCUT2D eigenvalue weighted by atomic mass is 10.1. The molecule has 6 N–H and O–H groups in total. The van der Waals surface area contributed by atoms with Gasteiger partial charge in [0.05, 0.1) is 0 Å². The Balaban J connectivity index is 2.67. The van der Waals surface area contributed by atoms with Crippen LogP contribution in [-0.4, -0.2) is 72.7 Å². The van der Waals surface area contributed by atoms with Gasteiger partial charge in [-0.1, -0.05) is 38.1 Å². The van der Waals surface area contributed by atoms with Gasteiger partial charge in [0.15, 0.2) is 0 Å². The Morgan fingerprint density at radius 3 is 1.33 bits per heavy atom. The first-order valence-corrected chi connectivity index (χ1v) is 12.9. The fourth-order valence-electron chi connectivity index (χ4n) is 3.55. The lowest BCUT2D eigenvalue weighted by Crippen LogP contribution is -2.36. The highest BCUT2D eigenvalue weighted by Crippen LogP contribution is 2.12. The molecule has 0 spiro atoms. The number of amides is 4. The van der Waals surface area contributed by atoms with Gasteiger partial charge in [-0.25, -0.2) is 0 Å². The molecule has 0 saturated carbocycles. The van der Waals surface area contributed by atoms with E-state index in [9.17, 15) is 19.2 Å². The predicted molar refractivity (Wildman–Crippen MR) is 140 cm³/mol. The van der Waals surface area contributed by atoms with Crippen molar-refractivity contribution in [3.05, 3.63) is 35.4 Å². The van der Waals surface area contributed by atoms with Gasteiger partial charge >= 0.3 is 0 Å². The molecule has 1 rings (SSSR count). The fourth-order valence-corrected chi connectivity index (χ4v) is 3.55. The van der Waals surface area contributed by atoms with Gasteiger partial charge in [-0.05, 0) is 24.0 Å². The van der Waals surface area contributed by atoms with Gasteiger partial charge in [-0.15, -0.1) is 0 Å². The molecule has 0 aliphatic carbocycles. The van der Waals surface area contributed by atoms with Gasteiger partial charge in [0.2, 0.25) is 23.6 Å². The molecule has 0 bridgehead atoms. The molecule has 36 heavy (non-hydrogen) atoms. The third-order valence-electron chi connectivity index (χ3n) is 5.55. The summed E-state index contributed by atoms with van der Waals surface area (Å²) in [6, 6.07) is 7.68. The van der Waals surface area contributed by atoms with E-state index in [0.717, 1.165) is 24.0 Å². The summed E-state index contributed by atoms with van der Waals surface area (Å²) in [5.41, 5.74) is 13.3. The lowest BCUT2D eigenvalue weighted by molar-refractivity contribution is -0.134. The molecule has 0 radical (unpaired) electrons. The van der Waals surface area contributed by atoms with E-state index in [4.69, 9.17) is 11.5 Å². The first-order chi connectivity index (χ1) is 17.3. The van der Waals surface area contributed by atoms with Crippen LogP contribution in [0.1, 0.15) is 63.5 Å². The first-order valence-electron chi connectivity index (χ1n) is 12.9. The minimum absolute atomic E-state index is 0.112. The van der Waals surface area contributed by atoms with Crippen LogP contribution in [0.2, 0.25) is 0 Å². The largest absolute Gasteiger partial charge is 0.356 e. The Labute approximate surface area is 215 Å². The Bertz CT molecular complexity index is 748. The van der Waals surface area contributed by atoms with E-state index in [1.807, 2.05) is 38.1 Å². The quantitative estimate of drug-likeness (QED) is 0.233. The molecule has 202 valence electrons. The topological polar surface area (TPSA) is 151 Å². The second-order valence-electron chi connectivity index (χ2n) is 8.72. The third kappa shape index (κ3) is 12.6. The highest BCUT2D eigenvalue weighted by molar-refractivity contribution is 5.84. The minimum atomic E-state index is -0.125. The molecule has 0 aliphatic heterocycles. The summed E-state index contributed by atoms with van der Waals surface area (Å²) in [4.78, 5) is 52.3. The van der Waals surface area contributed by atoms with E-state index >= 15 is 0 Å². The smallest absolute Gasteiger partial charge is 0.223 e. The Kier molecular flexibility index (Phi) is 15.8. The zero-order chi connectivity index (χ0) is 26.8. The predicted octanol–water partition coefficient (Wildman–Crippen LogP) is 0.874. The molecule has 0 atom stereocenters. The number of benzene rings is 1. The van der Waals surface area contributed by atoms with Crippen molar-refractivity contribution in [1.29, 1.82) is 0 Å². The van der Waals surface area contributed by atoms with Crippen molar-refractivity contribution in [3.8, 4) is 0 Å². The van der Waals surface area contributed by atoms with E-state index in [-0.39, 0.29) is 49.3 Å². The van der Waals surface area contributed by atoms with E-state index in [0.29, 0.717) is 52.4 Å². The van der Waals surface area contributed by atoms with Crippen LogP contribution in [0, 0.1) is 0 Å². The van der Waals surface area contributed by atoms with E-state index in [1.54, 1.807) is 9.80 Å². The molecule has 0 saturated heterocycles. The summed E-state index contributed by atoms with van der Waals surface area (Å²) in [6.07, 6.45) is 2.29. The van der Waals surface area contributed by atoms with E-state index in [2.05, 4.69) is 10.6 Å². The fraction of sp³-hybridized carbons (Fsp3) is 0.615. The van der Waals surface area contributed by atoms with Crippen LogP contribution in [0.15, 0.2) is 24.3 Å². The van der Waals surface area contributed by atoms with Crippen LogP contribution in [-0.2, 0) is 32.3 Å². The molecule has 10 nitrogen and oxygen atoms in total. The number of nitrogens with two attached hydrogens (primary N) is 2. The minimum Gasteiger partial charge on any atom is -0.356 e. The molecular weight excluding hydrogens is 460 g/mol. The van der Waals surface area contributed by atoms with Crippen molar-refractivity contribution < 1.29 is 19.2 Å². The number of carbonyl (C=O) groups excluding carboxylic acids is 4. The van der Waals surface area contributed by atoms with Crippen molar-refractivity contribution in [1.82, 2.24) is 20.4 Å². The van der Waals surface area contributed by atoms with Gasteiger partial charge in [0.1, 0.15) is 0 Å². The Hall–Kier alpha value is -2.98. The molecule has 1 aromatic carbocycles. The maximum absolute atomic E-state index is 12.6. The molecule has 0 unspecified atom stereocenters. The average Bonchev–Trinajstić information content (AvgIpc) is 2.88. The number of hydrogen-bond acceptors (Lipinski definition) is 6. The van der Waals surface area contributed by atoms with Crippen molar-refractivity contribution >= 4 is 23.6 Å². The Morgan fingerprint density at radius 1 is 0.667 bits per heavy atom. The van der Waals surface area contributed by atoms with Crippen LogP contribution in [0.4, 0.5) is 0 Å². The van der Waals surface area contributed by atoms with Crippen molar-refractivity contribution in [3.63, 3.8) is 0 Å². The summed E-state index contributed by atoms with van der Waals surface area (Å²) < 4.78 is 0. The zero-order valence-corrected chi connectivity index (χ0v) is 21.9. The SMILES string of the molecule is CCCNC(=O)CCC(=O)N(CCN)Cc1ccc(CN(CCN)C(=O)CCC(=O)NCCC)cc1. The van der Waals surface area contributed by atoms with E-state index < -0.39 is 0 Å². The number of nitrogens with zero attached hydrogens (tertiary/aromatic N) is 2. The number of hydrogen-bond donors (Lipinski definition) is 4. The van der Waals surface area contributed by atoms with Crippen molar-refractivity contribution in [2.24, 2.45) is 11.5 Å². The third-order valence-corrected chi connectivity index (χ3v) is 5.55. The van der Waals surface area contributed by atoms with Gasteiger partial charge in [-0.3, -0.25) is 19.2 Å². The molecular formula is C26H44N6O4. The molecule has 4 amide bonds.